The van der Waals surface area contributed by atoms with E-state index in [0.29, 0.717) is 24.2 Å². The Kier molecular flexibility index (Phi) is 3.23. The lowest BCUT2D eigenvalue weighted by Gasteiger charge is -2.21. The number of hydrogen-bond donors (Lipinski definition) is 2. The van der Waals surface area contributed by atoms with Crippen LogP contribution in [0.15, 0.2) is 18.2 Å². The molecular formula is C13H16N2O3. The Balaban J connectivity index is 2.25. The number of carboxylic acids is 1. The Labute approximate surface area is 105 Å². The molecule has 1 fully saturated rings. The van der Waals surface area contributed by atoms with Gasteiger partial charge in [0.2, 0.25) is 0 Å². The number of carboxylic acid groups (broad SMARTS) is 1. The molecule has 1 aliphatic rings. The molecule has 18 heavy (non-hydrogen) atoms. The van der Waals surface area contributed by atoms with Crippen molar-refractivity contribution in [2.75, 3.05) is 12.3 Å². The van der Waals surface area contributed by atoms with Crippen LogP contribution < -0.4 is 5.73 Å². The predicted molar refractivity (Wildman–Crippen MR) is 67.3 cm³/mol. The summed E-state index contributed by atoms with van der Waals surface area (Å²) in [6, 6.07) is 4.32. The number of benzene rings is 1. The van der Waals surface area contributed by atoms with Crippen LogP contribution in [0.25, 0.3) is 0 Å². The molecule has 1 aromatic carbocycles. The first kappa shape index (κ1) is 12.4. The highest BCUT2D eigenvalue weighted by molar-refractivity contribution is 5.97. The van der Waals surface area contributed by atoms with E-state index in [9.17, 15) is 9.59 Å². The van der Waals surface area contributed by atoms with Gasteiger partial charge in [-0.3, -0.25) is 4.79 Å². The molecule has 0 saturated carbocycles. The highest BCUT2D eigenvalue weighted by Gasteiger charge is 2.34. The van der Waals surface area contributed by atoms with Crippen molar-refractivity contribution < 1.29 is 14.7 Å². The van der Waals surface area contributed by atoms with Crippen LogP contribution in [0.4, 0.5) is 5.69 Å². The number of anilines is 1. The molecule has 0 bridgehead atoms. The minimum atomic E-state index is -0.937. The summed E-state index contributed by atoms with van der Waals surface area (Å²) >= 11 is 0. The first-order chi connectivity index (χ1) is 8.50. The summed E-state index contributed by atoms with van der Waals surface area (Å²) in [6.07, 6.45) is 1.26. The summed E-state index contributed by atoms with van der Waals surface area (Å²) in [5.74, 6) is -1.17. The van der Waals surface area contributed by atoms with Crippen LogP contribution in [0.2, 0.25) is 0 Å². The number of likely N-dealkylation sites (tertiary alicyclic amines) is 1. The molecular weight excluding hydrogens is 232 g/mol. The van der Waals surface area contributed by atoms with Gasteiger partial charge in [-0.2, -0.15) is 0 Å². The maximum absolute atomic E-state index is 12.2. The summed E-state index contributed by atoms with van der Waals surface area (Å²) in [7, 11) is 0. The molecule has 1 amide bonds. The minimum absolute atomic E-state index is 0.233. The molecule has 0 aromatic heterocycles. The van der Waals surface area contributed by atoms with Crippen LogP contribution in [0.5, 0.6) is 0 Å². The zero-order chi connectivity index (χ0) is 13.3. The second-order valence-electron chi connectivity index (χ2n) is 4.57. The second-order valence-corrected chi connectivity index (χ2v) is 4.57. The topological polar surface area (TPSA) is 83.6 Å². The van der Waals surface area contributed by atoms with E-state index >= 15 is 0 Å². The molecule has 0 unspecified atom stereocenters. The summed E-state index contributed by atoms with van der Waals surface area (Å²) in [5, 5.41) is 9.06. The van der Waals surface area contributed by atoms with Gasteiger partial charge in [-0.25, -0.2) is 4.79 Å². The zero-order valence-corrected chi connectivity index (χ0v) is 10.2. The Morgan fingerprint density at radius 2 is 2.17 bits per heavy atom. The van der Waals surface area contributed by atoms with E-state index in [0.717, 1.165) is 12.0 Å². The van der Waals surface area contributed by atoms with Crippen LogP contribution in [-0.2, 0) is 4.79 Å². The van der Waals surface area contributed by atoms with Crippen molar-refractivity contribution >= 4 is 17.6 Å². The van der Waals surface area contributed by atoms with Crippen LogP contribution in [-0.4, -0.2) is 34.5 Å². The number of nitrogens with zero attached hydrogens (tertiary/aromatic N) is 1. The summed E-state index contributed by atoms with van der Waals surface area (Å²) in [5.41, 5.74) is 7.65. The number of hydrogen-bond acceptors (Lipinski definition) is 3. The van der Waals surface area contributed by atoms with Crippen molar-refractivity contribution in [1.82, 2.24) is 4.90 Å². The standard InChI is InChI=1S/C13H16N2O3/c1-8-7-9(4-5-10(8)14)12(16)15-6-2-3-11(15)13(17)18/h4-5,7,11H,2-3,6,14H2,1H3,(H,17,18)/t11-/m0/s1. The number of rotatable bonds is 2. The number of nitrogens with two attached hydrogens (primary N) is 1. The van der Waals surface area contributed by atoms with Crippen molar-refractivity contribution in [3.05, 3.63) is 29.3 Å². The molecule has 1 aromatic rings. The average molecular weight is 248 g/mol. The van der Waals surface area contributed by atoms with Crippen molar-refractivity contribution in [2.24, 2.45) is 0 Å². The lowest BCUT2D eigenvalue weighted by molar-refractivity contribution is -0.141. The van der Waals surface area contributed by atoms with Gasteiger partial charge in [0.1, 0.15) is 6.04 Å². The van der Waals surface area contributed by atoms with Gasteiger partial charge in [0.25, 0.3) is 5.91 Å². The third-order valence-electron chi connectivity index (χ3n) is 3.32. The molecule has 1 saturated heterocycles. The van der Waals surface area contributed by atoms with Gasteiger partial charge >= 0.3 is 5.97 Å². The minimum Gasteiger partial charge on any atom is -0.480 e. The maximum atomic E-state index is 12.2. The van der Waals surface area contributed by atoms with E-state index in [1.807, 2.05) is 6.92 Å². The van der Waals surface area contributed by atoms with Crippen molar-refractivity contribution in [2.45, 2.75) is 25.8 Å². The highest BCUT2D eigenvalue weighted by atomic mass is 16.4. The van der Waals surface area contributed by atoms with Crippen LogP contribution in [0, 0.1) is 6.92 Å². The largest absolute Gasteiger partial charge is 0.480 e. The fraction of sp³-hybridized carbons (Fsp3) is 0.385. The summed E-state index contributed by atoms with van der Waals surface area (Å²) in [6.45, 7) is 2.32. The maximum Gasteiger partial charge on any atom is 0.326 e. The molecule has 96 valence electrons. The van der Waals surface area contributed by atoms with Gasteiger partial charge < -0.3 is 15.7 Å². The van der Waals surface area contributed by atoms with E-state index in [1.165, 1.54) is 4.90 Å². The number of carbonyl (C=O) groups is 2. The summed E-state index contributed by atoms with van der Waals surface area (Å²) in [4.78, 5) is 24.7. The lowest BCUT2D eigenvalue weighted by Crippen LogP contribution is -2.40. The van der Waals surface area contributed by atoms with Gasteiger partial charge in [-0.05, 0) is 43.5 Å². The summed E-state index contributed by atoms with van der Waals surface area (Å²) < 4.78 is 0. The quantitative estimate of drug-likeness (QED) is 0.772. The molecule has 1 aliphatic heterocycles. The Morgan fingerprint density at radius 1 is 1.44 bits per heavy atom. The van der Waals surface area contributed by atoms with Gasteiger partial charge in [-0.15, -0.1) is 0 Å². The molecule has 1 atom stereocenters. The molecule has 0 radical (unpaired) electrons. The van der Waals surface area contributed by atoms with Crippen LogP contribution in [0.3, 0.4) is 0 Å². The number of aliphatic carboxylic acids is 1. The fourth-order valence-electron chi connectivity index (χ4n) is 2.24. The van der Waals surface area contributed by atoms with Crippen molar-refractivity contribution in [3.8, 4) is 0 Å². The second kappa shape index (κ2) is 4.68. The first-order valence-electron chi connectivity index (χ1n) is 5.90. The van der Waals surface area contributed by atoms with Gasteiger partial charge in [-0.1, -0.05) is 0 Å². The Bertz CT molecular complexity index is 499. The van der Waals surface area contributed by atoms with Crippen molar-refractivity contribution in [1.29, 1.82) is 0 Å². The molecule has 2 rings (SSSR count). The van der Waals surface area contributed by atoms with E-state index in [2.05, 4.69) is 0 Å². The van der Waals surface area contributed by atoms with E-state index in [-0.39, 0.29) is 5.91 Å². The molecule has 0 spiro atoms. The van der Waals surface area contributed by atoms with Crippen molar-refractivity contribution in [3.63, 3.8) is 0 Å². The fourth-order valence-corrected chi connectivity index (χ4v) is 2.24. The van der Waals surface area contributed by atoms with E-state index in [4.69, 9.17) is 10.8 Å². The number of amides is 1. The lowest BCUT2D eigenvalue weighted by atomic mass is 10.1. The highest BCUT2D eigenvalue weighted by Crippen LogP contribution is 2.22. The smallest absolute Gasteiger partial charge is 0.326 e. The van der Waals surface area contributed by atoms with Gasteiger partial charge in [0, 0.05) is 17.8 Å². The molecule has 3 N–H and O–H groups in total. The van der Waals surface area contributed by atoms with Crippen LogP contribution in [0.1, 0.15) is 28.8 Å². The van der Waals surface area contributed by atoms with E-state index in [1.54, 1.807) is 18.2 Å². The SMILES string of the molecule is Cc1cc(C(=O)N2CCC[C@H]2C(=O)O)ccc1N. The van der Waals surface area contributed by atoms with Gasteiger partial charge in [0.05, 0.1) is 0 Å². The van der Waals surface area contributed by atoms with Gasteiger partial charge in [0.15, 0.2) is 0 Å². The third kappa shape index (κ3) is 2.16. The molecule has 1 heterocycles. The van der Waals surface area contributed by atoms with Crippen LogP contribution >= 0.6 is 0 Å². The average Bonchev–Trinajstić information content (AvgIpc) is 2.81. The first-order valence-corrected chi connectivity index (χ1v) is 5.90. The zero-order valence-electron chi connectivity index (χ0n) is 10.2. The Hall–Kier alpha value is -2.04. The molecule has 5 nitrogen and oxygen atoms in total. The normalized spacial score (nSPS) is 18.9. The molecule has 5 heteroatoms. The predicted octanol–water partition coefficient (Wildman–Crippen LogP) is 1.27. The number of nitrogen functional groups attached to an aromatic ring is 1. The Morgan fingerprint density at radius 3 is 2.78 bits per heavy atom. The number of aryl methyl sites for hydroxylation is 1. The van der Waals surface area contributed by atoms with E-state index < -0.39 is 12.0 Å². The number of carbonyl (C=O) groups excluding carboxylic acids is 1. The monoisotopic (exact) mass is 248 g/mol. The molecule has 0 aliphatic carbocycles. The third-order valence-corrected chi connectivity index (χ3v) is 3.32.